The van der Waals surface area contributed by atoms with Crippen molar-refractivity contribution in [2.75, 3.05) is 26.4 Å². The third-order valence-electron chi connectivity index (χ3n) is 18.1. The maximum atomic E-state index is 14.9. The number of hydrogen-bond acceptors (Lipinski definition) is 9. The number of rotatable bonds is 62. The Hall–Kier alpha value is -4.01. The summed E-state index contributed by atoms with van der Waals surface area (Å²) < 4.78 is 24.0. The number of esters is 4. The average molecular weight is 1260 g/mol. The summed E-state index contributed by atoms with van der Waals surface area (Å²) >= 11 is 0. The van der Waals surface area contributed by atoms with Crippen LogP contribution in [0, 0.1) is 23.7 Å². The summed E-state index contributed by atoms with van der Waals surface area (Å²) in [6.07, 6.45) is 55.1. The molecule has 0 aliphatic rings. The zero-order chi connectivity index (χ0) is 65.5. The third kappa shape index (κ3) is 43.0. The lowest BCUT2D eigenvalue weighted by molar-refractivity contribution is 0.0414. The van der Waals surface area contributed by atoms with Crippen LogP contribution in [0.25, 0.3) is 0 Å². The second kappa shape index (κ2) is 56.5. The molecule has 0 aliphatic heterocycles. The first kappa shape index (κ1) is 82.1. The summed E-state index contributed by atoms with van der Waals surface area (Å²) in [5.41, 5.74) is -1.55. The van der Waals surface area contributed by atoms with Gasteiger partial charge >= 0.3 is 23.9 Å². The van der Waals surface area contributed by atoms with Gasteiger partial charge in [-0.2, -0.15) is 0 Å². The Morgan fingerprint density at radius 3 is 0.722 bits per heavy atom. The maximum absolute atomic E-state index is 14.9. The second-order valence-corrected chi connectivity index (χ2v) is 28.6. The molecule has 0 heterocycles. The highest BCUT2D eigenvalue weighted by atomic mass is 16.5. The lowest BCUT2D eigenvalue weighted by Crippen LogP contribution is -2.27. The normalized spacial score (nSPS) is 11.6. The van der Waals surface area contributed by atoms with Gasteiger partial charge in [-0.1, -0.05) is 368 Å². The topological polar surface area (TPSA) is 122 Å². The number of carbonyl (C=O) groups is 5. The van der Waals surface area contributed by atoms with E-state index in [1.807, 2.05) is 0 Å². The molecule has 9 nitrogen and oxygen atoms in total. The number of unbranched alkanes of at least 4 members (excludes halogenated alkanes) is 40. The van der Waals surface area contributed by atoms with E-state index in [1.54, 1.807) is 30.3 Å². The van der Waals surface area contributed by atoms with Crippen LogP contribution < -0.4 is 0 Å². The van der Waals surface area contributed by atoms with Gasteiger partial charge in [0.25, 0.3) is 0 Å². The van der Waals surface area contributed by atoms with E-state index >= 15 is 0 Å². The smallest absolute Gasteiger partial charge is 0.339 e. The molecule has 0 unspecified atom stereocenters. The summed E-state index contributed by atoms with van der Waals surface area (Å²) in [7, 11) is 0. The Bertz CT molecular complexity index is 2090. The first-order valence-corrected chi connectivity index (χ1v) is 38.2. The molecular weight excluding hydrogens is 1120 g/mol. The van der Waals surface area contributed by atoms with E-state index in [0.717, 1.165) is 101 Å². The van der Waals surface area contributed by atoms with Crippen molar-refractivity contribution in [1.29, 1.82) is 0 Å². The molecule has 516 valence electrons. The van der Waals surface area contributed by atoms with E-state index < -0.39 is 40.8 Å². The zero-order valence-corrected chi connectivity index (χ0v) is 59.7. The molecule has 0 saturated carbocycles. The fourth-order valence-electron chi connectivity index (χ4n) is 12.3. The lowest BCUT2D eigenvalue weighted by Gasteiger charge is -2.20. The minimum atomic E-state index is -0.976. The van der Waals surface area contributed by atoms with Crippen LogP contribution in [0.4, 0.5) is 0 Å². The van der Waals surface area contributed by atoms with Crippen LogP contribution in [-0.2, 0) is 18.9 Å². The molecule has 2 aromatic carbocycles. The van der Waals surface area contributed by atoms with Gasteiger partial charge in [0, 0.05) is 11.1 Å². The van der Waals surface area contributed by atoms with Crippen molar-refractivity contribution >= 4 is 29.7 Å². The van der Waals surface area contributed by atoms with Gasteiger partial charge in [-0.15, -0.1) is 0 Å². The third-order valence-corrected chi connectivity index (χ3v) is 18.1. The van der Waals surface area contributed by atoms with Crippen molar-refractivity contribution in [3.63, 3.8) is 0 Å². The van der Waals surface area contributed by atoms with Gasteiger partial charge < -0.3 is 18.9 Å². The van der Waals surface area contributed by atoms with E-state index in [-0.39, 0.29) is 48.7 Å². The Morgan fingerprint density at radius 1 is 0.256 bits per heavy atom. The molecule has 2 aromatic rings. The number of benzene rings is 2. The van der Waals surface area contributed by atoms with Crippen molar-refractivity contribution in [3.05, 3.63) is 69.8 Å². The van der Waals surface area contributed by atoms with Gasteiger partial charge in [-0.3, -0.25) is 4.79 Å². The van der Waals surface area contributed by atoms with Crippen LogP contribution in [0.5, 0.6) is 0 Å². The van der Waals surface area contributed by atoms with Crippen molar-refractivity contribution in [3.8, 4) is 0 Å². The summed E-state index contributed by atoms with van der Waals surface area (Å²) in [5.74, 6) is -1.20. The van der Waals surface area contributed by atoms with Gasteiger partial charge in [0.05, 0.1) is 48.7 Å². The fourth-order valence-corrected chi connectivity index (χ4v) is 12.3. The van der Waals surface area contributed by atoms with Crippen molar-refractivity contribution in [1.82, 2.24) is 0 Å². The molecule has 0 atom stereocenters. The van der Waals surface area contributed by atoms with Crippen LogP contribution in [0.2, 0.25) is 0 Å². The predicted octanol–water partition coefficient (Wildman–Crippen LogP) is 24.9. The molecule has 9 heteroatoms. The van der Waals surface area contributed by atoms with E-state index in [9.17, 15) is 24.0 Å². The fraction of sp³-hybridized carbons (Fsp3) is 0.790. The van der Waals surface area contributed by atoms with Crippen LogP contribution >= 0.6 is 0 Å². The van der Waals surface area contributed by atoms with Crippen molar-refractivity contribution in [2.45, 2.75) is 364 Å². The average Bonchev–Trinajstić information content (AvgIpc) is 0.758. The van der Waals surface area contributed by atoms with Crippen LogP contribution in [-0.4, -0.2) is 56.1 Å². The Labute approximate surface area is 553 Å². The van der Waals surface area contributed by atoms with Crippen LogP contribution in [0.1, 0.15) is 421 Å². The first-order chi connectivity index (χ1) is 43.7. The van der Waals surface area contributed by atoms with Crippen molar-refractivity contribution in [2.24, 2.45) is 23.7 Å². The number of carbonyl (C=O) groups excluding carboxylic acids is 5. The monoisotopic (exact) mass is 1260 g/mol. The highest BCUT2D eigenvalue weighted by molar-refractivity contribution is 6.22. The largest absolute Gasteiger partial charge is 0.462 e. The molecule has 90 heavy (non-hydrogen) atoms. The van der Waals surface area contributed by atoms with E-state index in [1.165, 1.54) is 212 Å². The zero-order valence-electron chi connectivity index (χ0n) is 59.7. The highest BCUT2D eigenvalue weighted by Crippen LogP contribution is 2.31. The SMILES string of the molecule is CC(C)CCCCCCCCCCCCCOC(=O)c1cc(C(=O)c2ccccc2)c(C(=O)OCCCCCCCCCCCCCC(C)C)c(C(=O)OCCCCCCCCCCCCCC(C)C)c1C(=O)OCCCCCCCCCCCCCC(C)C. The highest BCUT2D eigenvalue weighted by Gasteiger charge is 2.37. The molecule has 2 rings (SSSR count). The summed E-state index contributed by atoms with van der Waals surface area (Å²) in [6.45, 7) is 18.6. The minimum absolute atomic E-state index is 0.0316. The molecule has 0 bridgehead atoms. The van der Waals surface area contributed by atoms with Gasteiger partial charge in [-0.05, 0) is 55.4 Å². The molecule has 0 spiro atoms. The minimum Gasteiger partial charge on any atom is -0.462 e. The van der Waals surface area contributed by atoms with Gasteiger partial charge in [-0.25, -0.2) is 19.2 Å². The molecule has 0 N–H and O–H groups in total. The number of hydrogen-bond donors (Lipinski definition) is 0. The summed E-state index contributed by atoms with van der Waals surface area (Å²) in [5, 5.41) is 0. The van der Waals surface area contributed by atoms with E-state index in [2.05, 4.69) is 55.4 Å². The maximum Gasteiger partial charge on any atom is 0.339 e. The molecule has 0 fully saturated rings. The standard InChI is InChI=1S/C81H138O9/c1-67(2)56-46-37-29-21-13-9-17-25-33-41-52-62-87-78(83)73-66-72(77(82)71-60-50-45-51-61-71)74(79(84)88-63-53-42-34-26-18-10-14-22-30-38-47-57-68(3)4)76(81(86)90-65-55-44-36-28-20-12-16-24-32-40-49-59-70(7)8)75(73)80(85)89-64-54-43-35-27-19-11-15-23-31-39-48-58-69(5)6/h45,50-51,60-61,66-70H,9-44,46-49,52-59,62-65H2,1-8H3. The molecule has 0 aromatic heterocycles. The van der Waals surface area contributed by atoms with Crippen LogP contribution in [0.3, 0.4) is 0 Å². The van der Waals surface area contributed by atoms with Gasteiger partial charge in [0.15, 0.2) is 5.78 Å². The Kier molecular flexibility index (Phi) is 51.6. The molecule has 0 saturated heterocycles. The lowest BCUT2D eigenvalue weighted by atomic mass is 9.87. The number of ketones is 1. The predicted molar refractivity (Wildman–Crippen MR) is 378 cm³/mol. The Morgan fingerprint density at radius 2 is 0.467 bits per heavy atom. The van der Waals surface area contributed by atoms with Gasteiger partial charge in [0.1, 0.15) is 0 Å². The molecule has 0 amide bonds. The van der Waals surface area contributed by atoms with E-state index in [0.29, 0.717) is 25.7 Å². The summed E-state index contributed by atoms with van der Waals surface area (Å²) in [6, 6.07) is 9.75. The quantitative estimate of drug-likeness (QED) is 0.0276. The second-order valence-electron chi connectivity index (χ2n) is 28.6. The van der Waals surface area contributed by atoms with Crippen molar-refractivity contribution < 1.29 is 42.9 Å². The molecule has 0 radical (unpaired) electrons. The number of ether oxygens (including phenoxy) is 4. The van der Waals surface area contributed by atoms with Crippen LogP contribution in [0.15, 0.2) is 36.4 Å². The molecule has 0 aliphatic carbocycles. The summed E-state index contributed by atoms with van der Waals surface area (Å²) in [4.78, 5) is 74.0. The Balaban J connectivity index is 2.37. The van der Waals surface area contributed by atoms with E-state index in [4.69, 9.17) is 18.9 Å². The molecular formula is C81H138O9. The first-order valence-electron chi connectivity index (χ1n) is 38.2. The van der Waals surface area contributed by atoms with Gasteiger partial charge in [0.2, 0.25) is 0 Å².